The van der Waals surface area contributed by atoms with Crippen LogP contribution in [0.15, 0.2) is 35.5 Å². The van der Waals surface area contributed by atoms with Crippen LogP contribution in [0.3, 0.4) is 0 Å². The fourth-order valence-electron chi connectivity index (χ4n) is 2.94. The number of carboxylic acids is 5. The van der Waals surface area contributed by atoms with E-state index in [1.807, 2.05) is 0 Å². The maximum absolute atomic E-state index is 13.8. The van der Waals surface area contributed by atoms with Crippen molar-refractivity contribution in [2.24, 2.45) is 0 Å². The molecule has 1 unspecified atom stereocenters. The zero-order valence-electron chi connectivity index (χ0n) is 20.8. The van der Waals surface area contributed by atoms with E-state index in [2.05, 4.69) is 20.6 Å². The standard InChI is InChI=1S/C19H23FN4O3S.2C2H2O4/c20-14-9-13-3-4-15(27-18(13)16(10-14)28-12-17(25)26)11-21-5-1-6-22-19-23-7-2-8-24-19;2*3-1(4)2(5)6/h2,7-10,15,21H,1,3-6,11-12H2,(H,25,26)(H,22,23,24);2*(H,3,4)(H,5,6). The summed E-state index contributed by atoms with van der Waals surface area (Å²) in [5, 5.41) is 45.0. The van der Waals surface area contributed by atoms with Gasteiger partial charge in [0, 0.05) is 25.5 Å². The average Bonchev–Trinajstić information content (AvgIpc) is 2.90. The Bertz CT molecular complexity index is 1120. The lowest BCUT2D eigenvalue weighted by molar-refractivity contribution is -0.159. The number of nitrogens with one attached hydrogen (secondary N) is 2. The number of aromatic nitrogens is 2. The number of nitrogens with zero attached hydrogens (tertiary/aromatic N) is 2. The first-order valence-electron chi connectivity index (χ1n) is 11.4. The average molecular weight is 587 g/mol. The summed E-state index contributed by atoms with van der Waals surface area (Å²) in [6.45, 7) is 2.26. The van der Waals surface area contributed by atoms with Crippen LogP contribution < -0.4 is 15.4 Å². The number of aliphatic carboxylic acids is 5. The van der Waals surface area contributed by atoms with Crippen LogP contribution in [0.2, 0.25) is 0 Å². The molecule has 1 aromatic heterocycles. The van der Waals surface area contributed by atoms with Crippen LogP contribution in [0.1, 0.15) is 18.4 Å². The third-order valence-electron chi connectivity index (χ3n) is 4.58. The second-order valence-electron chi connectivity index (χ2n) is 7.63. The summed E-state index contributed by atoms with van der Waals surface area (Å²) < 4.78 is 19.8. The molecule has 1 aliphatic rings. The van der Waals surface area contributed by atoms with E-state index in [0.717, 1.165) is 43.3 Å². The van der Waals surface area contributed by atoms with Crippen molar-refractivity contribution in [2.45, 2.75) is 30.3 Å². The molecule has 1 aliphatic heterocycles. The third-order valence-corrected chi connectivity index (χ3v) is 5.59. The molecule has 0 amide bonds. The Morgan fingerprint density at radius 3 is 2.10 bits per heavy atom. The van der Waals surface area contributed by atoms with Gasteiger partial charge < -0.3 is 40.9 Å². The number of fused-ring (bicyclic) bond motifs is 1. The molecule has 0 aliphatic carbocycles. The second kappa shape index (κ2) is 17.9. The predicted octanol–water partition coefficient (Wildman–Crippen LogP) is 0.889. The van der Waals surface area contributed by atoms with Gasteiger partial charge in [0.25, 0.3) is 0 Å². The van der Waals surface area contributed by atoms with Gasteiger partial charge >= 0.3 is 29.8 Å². The monoisotopic (exact) mass is 586 g/mol. The highest BCUT2D eigenvalue weighted by Gasteiger charge is 2.23. The Kier molecular flexibility index (Phi) is 15.0. The summed E-state index contributed by atoms with van der Waals surface area (Å²) in [5.41, 5.74) is 0.802. The number of ether oxygens (including phenoxy) is 1. The topological polar surface area (TPSA) is 246 Å². The van der Waals surface area contributed by atoms with Gasteiger partial charge in [0.05, 0.1) is 10.6 Å². The minimum Gasteiger partial charge on any atom is -0.488 e. The molecule has 0 radical (unpaired) electrons. The van der Waals surface area contributed by atoms with E-state index < -0.39 is 29.8 Å². The number of aryl methyl sites for hydroxylation is 1. The lowest BCUT2D eigenvalue weighted by atomic mass is 10.0. The smallest absolute Gasteiger partial charge is 0.414 e. The van der Waals surface area contributed by atoms with Gasteiger partial charge in [-0.3, -0.25) is 4.79 Å². The van der Waals surface area contributed by atoms with Gasteiger partial charge in [0.15, 0.2) is 0 Å². The molecule has 218 valence electrons. The predicted molar refractivity (Wildman–Crippen MR) is 136 cm³/mol. The van der Waals surface area contributed by atoms with Gasteiger partial charge in [-0.25, -0.2) is 33.5 Å². The van der Waals surface area contributed by atoms with Crippen molar-refractivity contribution in [1.29, 1.82) is 0 Å². The molecule has 1 atom stereocenters. The molecule has 2 heterocycles. The van der Waals surface area contributed by atoms with E-state index in [1.165, 1.54) is 12.1 Å². The van der Waals surface area contributed by atoms with Crippen molar-refractivity contribution < 1.29 is 58.6 Å². The van der Waals surface area contributed by atoms with Crippen LogP contribution in [0, 0.1) is 5.82 Å². The SMILES string of the molecule is O=C(O)C(=O)O.O=C(O)C(=O)O.O=C(O)CSc1cc(F)cc2c1OC(CNCCCNc1ncccn1)CC2. The maximum Gasteiger partial charge on any atom is 0.414 e. The van der Waals surface area contributed by atoms with Crippen molar-refractivity contribution in [1.82, 2.24) is 15.3 Å². The van der Waals surface area contributed by atoms with E-state index in [-0.39, 0.29) is 17.7 Å². The van der Waals surface area contributed by atoms with Crippen LogP contribution in [0.25, 0.3) is 0 Å². The van der Waals surface area contributed by atoms with Crippen LogP contribution in [-0.2, 0) is 30.4 Å². The molecule has 0 spiro atoms. The van der Waals surface area contributed by atoms with Crippen molar-refractivity contribution in [3.8, 4) is 5.75 Å². The van der Waals surface area contributed by atoms with Gasteiger partial charge in [-0.2, -0.15) is 0 Å². The number of hydrogen-bond acceptors (Lipinski definition) is 11. The van der Waals surface area contributed by atoms with Crippen molar-refractivity contribution in [3.63, 3.8) is 0 Å². The number of thioether (sulfide) groups is 1. The summed E-state index contributed by atoms with van der Waals surface area (Å²) in [5.74, 6) is -7.48. The van der Waals surface area contributed by atoms with Crippen LogP contribution in [0.4, 0.5) is 10.3 Å². The van der Waals surface area contributed by atoms with Crippen LogP contribution in [0.5, 0.6) is 5.75 Å². The van der Waals surface area contributed by atoms with Gasteiger partial charge in [-0.15, -0.1) is 11.8 Å². The number of carboxylic acid groups (broad SMARTS) is 5. The number of benzene rings is 1. The highest BCUT2D eigenvalue weighted by Crippen LogP contribution is 2.38. The fraction of sp³-hybridized carbons (Fsp3) is 0.348. The normalized spacial score (nSPS) is 13.1. The van der Waals surface area contributed by atoms with E-state index in [1.54, 1.807) is 18.5 Å². The van der Waals surface area contributed by atoms with Crippen LogP contribution in [-0.4, -0.2) is 96.8 Å². The van der Waals surface area contributed by atoms with E-state index in [9.17, 15) is 9.18 Å². The van der Waals surface area contributed by atoms with Gasteiger partial charge in [-0.05, 0) is 49.6 Å². The molecule has 3 rings (SSSR count). The highest BCUT2D eigenvalue weighted by atomic mass is 32.2. The summed E-state index contributed by atoms with van der Waals surface area (Å²) in [6.07, 6.45) is 5.79. The molecule has 0 saturated heterocycles. The molecule has 0 saturated carbocycles. The summed E-state index contributed by atoms with van der Waals surface area (Å²) >= 11 is 1.09. The maximum atomic E-state index is 13.8. The Morgan fingerprint density at radius 2 is 1.55 bits per heavy atom. The Hall–Kier alpha value is -4.51. The Balaban J connectivity index is 0.000000559. The largest absolute Gasteiger partial charge is 0.488 e. The summed E-state index contributed by atoms with van der Waals surface area (Å²) in [6, 6.07) is 4.59. The number of halogens is 1. The molecule has 0 bridgehead atoms. The highest BCUT2D eigenvalue weighted by molar-refractivity contribution is 8.00. The van der Waals surface area contributed by atoms with Gasteiger partial charge in [-0.1, -0.05) is 0 Å². The summed E-state index contributed by atoms with van der Waals surface area (Å²) in [7, 11) is 0. The first kappa shape index (κ1) is 33.5. The number of carbonyl (C=O) groups is 5. The molecule has 17 heteroatoms. The minimum absolute atomic E-state index is 0.0208. The molecule has 0 fully saturated rings. The molecule has 40 heavy (non-hydrogen) atoms. The molecular weight excluding hydrogens is 559 g/mol. The van der Waals surface area contributed by atoms with Crippen molar-refractivity contribution in [2.75, 3.05) is 30.7 Å². The van der Waals surface area contributed by atoms with E-state index in [0.29, 0.717) is 29.6 Å². The van der Waals surface area contributed by atoms with E-state index in [4.69, 9.17) is 49.4 Å². The first-order valence-corrected chi connectivity index (χ1v) is 12.4. The molecule has 1 aromatic carbocycles. The Morgan fingerprint density at radius 1 is 0.950 bits per heavy atom. The minimum atomic E-state index is -1.82. The molecule has 7 N–H and O–H groups in total. The van der Waals surface area contributed by atoms with Crippen molar-refractivity contribution >= 4 is 47.6 Å². The Labute approximate surface area is 230 Å². The molecule has 2 aromatic rings. The quantitative estimate of drug-likeness (QED) is 0.116. The first-order chi connectivity index (χ1) is 18.9. The lowest BCUT2D eigenvalue weighted by Crippen LogP contribution is -2.35. The van der Waals surface area contributed by atoms with Crippen LogP contribution >= 0.6 is 11.8 Å². The number of rotatable bonds is 10. The molecule has 15 nitrogen and oxygen atoms in total. The van der Waals surface area contributed by atoms with E-state index >= 15 is 0 Å². The molecular formula is C23H27FN4O11S. The zero-order chi connectivity index (χ0) is 30.1. The summed E-state index contributed by atoms with van der Waals surface area (Å²) in [4.78, 5) is 56.0. The van der Waals surface area contributed by atoms with Crippen molar-refractivity contribution in [3.05, 3.63) is 42.0 Å². The fourth-order valence-corrected chi connectivity index (χ4v) is 3.73. The zero-order valence-corrected chi connectivity index (χ0v) is 21.6. The third kappa shape index (κ3) is 13.9. The number of hydrogen-bond donors (Lipinski definition) is 7. The second-order valence-corrected chi connectivity index (χ2v) is 8.65. The van der Waals surface area contributed by atoms with Gasteiger partial charge in [0.2, 0.25) is 5.95 Å². The lowest BCUT2D eigenvalue weighted by Gasteiger charge is -2.28. The van der Waals surface area contributed by atoms with Gasteiger partial charge in [0.1, 0.15) is 17.7 Å². The number of anilines is 1.